The van der Waals surface area contributed by atoms with E-state index in [0.717, 1.165) is 54.3 Å². The second-order valence-corrected chi connectivity index (χ2v) is 7.01. The first kappa shape index (κ1) is 16.0. The average molecular weight is 358 g/mol. The zero-order valence-electron chi connectivity index (χ0n) is 14.7. The molecular formula is C21H18N4O2. The van der Waals surface area contributed by atoms with E-state index in [9.17, 15) is 0 Å². The summed E-state index contributed by atoms with van der Waals surface area (Å²) in [6.07, 6.45) is 3.58. The molecule has 1 N–H and O–H groups in total. The van der Waals surface area contributed by atoms with Crippen LogP contribution >= 0.6 is 0 Å². The number of ether oxygens (including phenoxy) is 2. The van der Waals surface area contributed by atoms with Gasteiger partial charge in [0.25, 0.3) is 0 Å². The standard InChI is InChI=1S/C21H18N4O2/c22-9-16-2-1-14(10-23-16)20-19-8-15-7-17(27-12-13-5-6-26-11-13)3-4-18(15)21(19)25-24-20/h1-4,7,10,13H,5-6,8,11-12H2,(H,24,25). The van der Waals surface area contributed by atoms with Crippen molar-refractivity contribution in [3.05, 3.63) is 53.3 Å². The Morgan fingerprint density at radius 2 is 2.26 bits per heavy atom. The van der Waals surface area contributed by atoms with Gasteiger partial charge < -0.3 is 9.47 Å². The van der Waals surface area contributed by atoms with Crippen LogP contribution in [0.2, 0.25) is 0 Å². The molecule has 0 spiro atoms. The first-order valence-corrected chi connectivity index (χ1v) is 9.09. The van der Waals surface area contributed by atoms with Crippen LogP contribution in [0.15, 0.2) is 36.5 Å². The third-order valence-electron chi connectivity index (χ3n) is 5.24. The van der Waals surface area contributed by atoms with Crippen molar-refractivity contribution in [2.45, 2.75) is 12.8 Å². The summed E-state index contributed by atoms with van der Waals surface area (Å²) in [5.41, 5.74) is 6.84. The summed E-state index contributed by atoms with van der Waals surface area (Å²) in [7, 11) is 0. The molecular weight excluding hydrogens is 340 g/mol. The van der Waals surface area contributed by atoms with Crippen molar-refractivity contribution < 1.29 is 9.47 Å². The number of rotatable bonds is 4. The Morgan fingerprint density at radius 3 is 3.04 bits per heavy atom. The molecule has 3 aromatic rings. The minimum Gasteiger partial charge on any atom is -0.493 e. The van der Waals surface area contributed by atoms with E-state index in [4.69, 9.17) is 14.7 Å². The lowest BCUT2D eigenvalue weighted by Crippen LogP contribution is -2.11. The number of aromatic amines is 1. The number of fused-ring (bicyclic) bond motifs is 3. The van der Waals surface area contributed by atoms with E-state index in [1.54, 1.807) is 12.3 Å². The average Bonchev–Trinajstić information content (AvgIpc) is 3.43. The summed E-state index contributed by atoms with van der Waals surface area (Å²) in [6, 6.07) is 11.9. The molecule has 6 nitrogen and oxygen atoms in total. The number of H-pyrrole nitrogens is 1. The van der Waals surface area contributed by atoms with Crippen molar-refractivity contribution in [3.8, 4) is 34.3 Å². The van der Waals surface area contributed by atoms with Crippen LogP contribution in [0.1, 0.15) is 23.2 Å². The Bertz CT molecular complexity index is 1030. The molecule has 0 saturated carbocycles. The van der Waals surface area contributed by atoms with E-state index in [2.05, 4.69) is 27.3 Å². The first-order chi connectivity index (χ1) is 13.3. The third-order valence-corrected chi connectivity index (χ3v) is 5.24. The molecule has 1 aliphatic heterocycles. The number of hydrogen-bond donors (Lipinski definition) is 1. The molecule has 1 aliphatic carbocycles. The van der Waals surface area contributed by atoms with Gasteiger partial charge in [0.05, 0.1) is 24.6 Å². The SMILES string of the molecule is N#Cc1ccc(-c2n[nH]c3c2Cc2cc(OCC4CCOC4)ccc2-3)cn1. The molecule has 134 valence electrons. The Labute approximate surface area is 156 Å². The first-order valence-electron chi connectivity index (χ1n) is 9.09. The van der Waals surface area contributed by atoms with E-state index in [-0.39, 0.29) is 0 Å². The highest BCUT2D eigenvalue weighted by Crippen LogP contribution is 2.41. The van der Waals surface area contributed by atoms with Gasteiger partial charge in [-0.3, -0.25) is 5.10 Å². The minimum atomic E-state index is 0.406. The summed E-state index contributed by atoms with van der Waals surface area (Å²) in [5.74, 6) is 1.39. The lowest BCUT2D eigenvalue weighted by Gasteiger charge is -2.11. The molecule has 0 bridgehead atoms. The van der Waals surface area contributed by atoms with E-state index in [0.29, 0.717) is 18.2 Å². The number of nitrogens with one attached hydrogen (secondary N) is 1. The molecule has 1 aromatic carbocycles. The monoisotopic (exact) mass is 358 g/mol. The molecule has 1 saturated heterocycles. The van der Waals surface area contributed by atoms with Gasteiger partial charge in [-0.1, -0.05) is 0 Å². The van der Waals surface area contributed by atoms with Gasteiger partial charge in [-0.2, -0.15) is 10.4 Å². The Kier molecular flexibility index (Phi) is 3.88. The molecule has 3 heterocycles. The molecule has 2 aromatic heterocycles. The summed E-state index contributed by atoms with van der Waals surface area (Å²) >= 11 is 0. The second kappa shape index (κ2) is 6.53. The zero-order valence-corrected chi connectivity index (χ0v) is 14.7. The van der Waals surface area contributed by atoms with Crippen molar-refractivity contribution >= 4 is 0 Å². The van der Waals surface area contributed by atoms with E-state index >= 15 is 0 Å². The molecule has 1 atom stereocenters. The van der Waals surface area contributed by atoms with Crippen LogP contribution in [-0.2, 0) is 11.2 Å². The zero-order chi connectivity index (χ0) is 18.2. The maximum Gasteiger partial charge on any atom is 0.140 e. The van der Waals surface area contributed by atoms with Crippen LogP contribution in [0.5, 0.6) is 5.75 Å². The van der Waals surface area contributed by atoms with Gasteiger partial charge in [-0.15, -0.1) is 0 Å². The molecule has 5 rings (SSSR count). The summed E-state index contributed by atoms with van der Waals surface area (Å²) in [4.78, 5) is 4.16. The van der Waals surface area contributed by atoms with Crippen molar-refractivity contribution in [1.29, 1.82) is 5.26 Å². The maximum atomic E-state index is 8.92. The Balaban J connectivity index is 1.38. The van der Waals surface area contributed by atoms with Crippen LogP contribution in [0.25, 0.3) is 22.5 Å². The summed E-state index contributed by atoms with van der Waals surface area (Å²) in [6.45, 7) is 2.34. The van der Waals surface area contributed by atoms with Gasteiger partial charge in [0.15, 0.2) is 0 Å². The van der Waals surface area contributed by atoms with Crippen molar-refractivity contribution in [2.75, 3.05) is 19.8 Å². The number of nitrogens with zero attached hydrogens (tertiary/aromatic N) is 3. The van der Waals surface area contributed by atoms with Gasteiger partial charge in [0, 0.05) is 41.8 Å². The highest BCUT2D eigenvalue weighted by Gasteiger charge is 2.26. The van der Waals surface area contributed by atoms with Crippen LogP contribution in [-0.4, -0.2) is 35.0 Å². The second-order valence-electron chi connectivity index (χ2n) is 7.01. The van der Waals surface area contributed by atoms with Crippen LogP contribution < -0.4 is 4.74 Å². The third kappa shape index (κ3) is 2.86. The fourth-order valence-corrected chi connectivity index (χ4v) is 3.77. The van der Waals surface area contributed by atoms with Gasteiger partial charge in [-0.25, -0.2) is 4.98 Å². The van der Waals surface area contributed by atoms with Crippen LogP contribution in [0.4, 0.5) is 0 Å². The highest BCUT2D eigenvalue weighted by atomic mass is 16.5. The molecule has 1 unspecified atom stereocenters. The molecule has 2 aliphatic rings. The fraction of sp³-hybridized carbons (Fsp3) is 0.286. The normalized spacial score (nSPS) is 17.4. The Morgan fingerprint density at radius 1 is 1.30 bits per heavy atom. The minimum absolute atomic E-state index is 0.406. The van der Waals surface area contributed by atoms with Gasteiger partial charge in [-0.05, 0) is 42.3 Å². The summed E-state index contributed by atoms with van der Waals surface area (Å²) in [5, 5.41) is 16.6. The van der Waals surface area contributed by atoms with Gasteiger partial charge >= 0.3 is 0 Å². The smallest absolute Gasteiger partial charge is 0.140 e. The Hall–Kier alpha value is -3.17. The number of aromatic nitrogens is 3. The van der Waals surface area contributed by atoms with Crippen LogP contribution in [0, 0.1) is 17.2 Å². The fourth-order valence-electron chi connectivity index (χ4n) is 3.77. The van der Waals surface area contributed by atoms with E-state index < -0.39 is 0 Å². The quantitative estimate of drug-likeness (QED) is 0.605. The van der Waals surface area contributed by atoms with Crippen molar-refractivity contribution in [1.82, 2.24) is 15.2 Å². The summed E-state index contributed by atoms with van der Waals surface area (Å²) < 4.78 is 11.4. The van der Waals surface area contributed by atoms with Crippen molar-refractivity contribution in [2.24, 2.45) is 5.92 Å². The maximum absolute atomic E-state index is 8.92. The van der Waals surface area contributed by atoms with Crippen molar-refractivity contribution in [3.63, 3.8) is 0 Å². The molecule has 27 heavy (non-hydrogen) atoms. The van der Waals surface area contributed by atoms with Gasteiger partial charge in [0.2, 0.25) is 0 Å². The molecule has 0 amide bonds. The number of benzene rings is 1. The van der Waals surface area contributed by atoms with E-state index in [1.807, 2.05) is 18.2 Å². The molecule has 6 heteroatoms. The van der Waals surface area contributed by atoms with Gasteiger partial charge in [0.1, 0.15) is 17.5 Å². The lowest BCUT2D eigenvalue weighted by molar-refractivity contribution is 0.167. The number of nitriles is 1. The number of pyridine rings is 1. The van der Waals surface area contributed by atoms with E-state index in [1.165, 1.54) is 11.1 Å². The topological polar surface area (TPSA) is 83.8 Å². The number of hydrogen-bond acceptors (Lipinski definition) is 5. The lowest BCUT2D eigenvalue weighted by atomic mass is 10.1. The van der Waals surface area contributed by atoms with Crippen LogP contribution in [0.3, 0.4) is 0 Å². The largest absolute Gasteiger partial charge is 0.493 e. The molecule has 1 fully saturated rings. The predicted octanol–water partition coefficient (Wildman–Crippen LogP) is 3.33. The predicted molar refractivity (Wildman–Crippen MR) is 99.2 cm³/mol. The molecule has 0 radical (unpaired) electrons. The highest BCUT2D eigenvalue weighted by molar-refractivity contribution is 5.81.